The molecular formula is C31H29ClN2O6S2. The van der Waals surface area contributed by atoms with Crippen LogP contribution < -0.4 is 9.61 Å². The van der Waals surface area contributed by atoms with Gasteiger partial charge in [0.1, 0.15) is 18.4 Å². The van der Waals surface area contributed by atoms with Crippen molar-refractivity contribution in [1.82, 2.24) is 9.88 Å². The first-order valence-electron chi connectivity index (χ1n) is 14.1. The number of nitrogens with zero attached hydrogens (tertiary/aromatic N) is 1. The lowest BCUT2D eigenvalue weighted by Gasteiger charge is -2.43. The molecule has 3 heterocycles. The third-order valence-electron chi connectivity index (χ3n) is 9.48. The predicted molar refractivity (Wildman–Crippen MR) is 159 cm³/mol. The summed E-state index contributed by atoms with van der Waals surface area (Å²) in [6, 6.07) is 14.2. The van der Waals surface area contributed by atoms with Gasteiger partial charge in [-0.1, -0.05) is 61.1 Å². The minimum absolute atomic E-state index is 0.0406. The number of fused-ring (bicyclic) bond motifs is 9. The van der Waals surface area contributed by atoms with Crippen LogP contribution in [0.25, 0.3) is 0 Å². The number of benzene rings is 2. The normalized spacial score (nSPS) is 29.9. The van der Waals surface area contributed by atoms with Gasteiger partial charge in [-0.05, 0) is 65.5 Å². The van der Waals surface area contributed by atoms with Crippen molar-refractivity contribution in [2.24, 2.45) is 35.5 Å². The first kappa shape index (κ1) is 27.7. The second-order valence-corrected chi connectivity index (χ2v) is 14.7. The van der Waals surface area contributed by atoms with E-state index in [1.165, 1.54) is 11.3 Å². The largest absolute Gasteiger partial charge is 0.489 e. The molecule has 0 radical (unpaired) electrons. The van der Waals surface area contributed by atoms with Gasteiger partial charge in [-0.2, -0.15) is 0 Å². The summed E-state index contributed by atoms with van der Waals surface area (Å²) in [6.07, 6.45) is 0.750. The topological polar surface area (TPSA) is 117 Å². The lowest BCUT2D eigenvalue weighted by Crippen LogP contribution is -2.49. The standard InChI is InChI=1S/C31H29ClN2O6S2/c1-13(2)24(30(37)38)34-28(35)22-18-11-19(23(22)29(34)36)25-21(18)20(26-27(41-25)33-31(39)42-26)15-5-9-17(10-6-15)40-12-14-3-7-16(32)8-4-14/h3-10,13,18-25H,11-12H2,1-2H3,(H,33,39)(H,37,38)/t18?,19?,20-,21?,22?,23?,24?,25?/m1/s1. The lowest BCUT2D eigenvalue weighted by molar-refractivity contribution is -0.157. The molecule has 7 unspecified atom stereocenters. The summed E-state index contributed by atoms with van der Waals surface area (Å²) in [7, 11) is 0. The molecule has 3 aromatic rings. The SMILES string of the molecule is CC(C)C(C(=O)O)N1C(=O)C2C3CC(C2C1=O)C1C3Sc2[nH]c(=O)sc2[C@@H]1c1ccc(OCc2ccc(Cl)cc2)cc1. The second kappa shape index (κ2) is 10.3. The molecule has 11 heteroatoms. The molecule has 7 rings (SSSR count). The van der Waals surface area contributed by atoms with Crippen LogP contribution in [0.1, 0.15) is 42.2 Å². The molecule has 2 amide bonds. The third-order valence-corrected chi connectivity index (χ3v) is 12.3. The number of thiazole rings is 1. The van der Waals surface area contributed by atoms with E-state index in [9.17, 15) is 24.3 Å². The zero-order chi connectivity index (χ0) is 29.4. The molecule has 4 aliphatic rings. The minimum Gasteiger partial charge on any atom is -0.489 e. The first-order valence-corrected chi connectivity index (χ1v) is 16.2. The van der Waals surface area contributed by atoms with Gasteiger partial charge in [-0.3, -0.25) is 19.3 Å². The lowest BCUT2D eigenvalue weighted by atomic mass is 9.68. The highest BCUT2D eigenvalue weighted by atomic mass is 35.5. The summed E-state index contributed by atoms with van der Waals surface area (Å²) in [5.41, 5.74) is 2.03. The molecule has 8 atom stereocenters. The number of thioether (sulfide) groups is 1. The summed E-state index contributed by atoms with van der Waals surface area (Å²) in [4.78, 5) is 57.1. The summed E-state index contributed by atoms with van der Waals surface area (Å²) >= 11 is 8.81. The summed E-state index contributed by atoms with van der Waals surface area (Å²) < 4.78 is 6.00. The van der Waals surface area contributed by atoms with Crippen molar-refractivity contribution < 1.29 is 24.2 Å². The molecule has 1 aromatic heterocycles. The number of imide groups is 1. The van der Waals surface area contributed by atoms with Crippen molar-refractivity contribution in [3.05, 3.63) is 79.2 Å². The van der Waals surface area contributed by atoms with Crippen molar-refractivity contribution in [2.75, 3.05) is 0 Å². The van der Waals surface area contributed by atoms with Gasteiger partial charge in [0, 0.05) is 21.1 Å². The van der Waals surface area contributed by atoms with Gasteiger partial charge in [0.2, 0.25) is 11.8 Å². The van der Waals surface area contributed by atoms with Crippen LogP contribution in [-0.4, -0.2) is 44.1 Å². The van der Waals surface area contributed by atoms with Gasteiger partial charge in [0.15, 0.2) is 0 Å². The van der Waals surface area contributed by atoms with Crippen molar-refractivity contribution in [3.8, 4) is 5.75 Å². The van der Waals surface area contributed by atoms with Crippen LogP contribution >= 0.6 is 34.7 Å². The predicted octanol–water partition coefficient (Wildman–Crippen LogP) is 5.25. The van der Waals surface area contributed by atoms with Crippen molar-refractivity contribution in [2.45, 2.75) is 49.1 Å². The van der Waals surface area contributed by atoms with E-state index in [1.54, 1.807) is 25.6 Å². The van der Waals surface area contributed by atoms with Crippen LogP contribution in [0.2, 0.25) is 5.02 Å². The van der Waals surface area contributed by atoms with Gasteiger partial charge >= 0.3 is 10.8 Å². The maximum Gasteiger partial charge on any atom is 0.327 e. The van der Waals surface area contributed by atoms with Gasteiger partial charge < -0.3 is 14.8 Å². The number of ether oxygens (including phenoxy) is 1. The highest BCUT2D eigenvalue weighted by Gasteiger charge is 2.70. The molecule has 0 spiro atoms. The highest BCUT2D eigenvalue weighted by molar-refractivity contribution is 8.00. The van der Waals surface area contributed by atoms with E-state index < -0.39 is 29.8 Å². The Morgan fingerprint density at radius 1 is 1.05 bits per heavy atom. The van der Waals surface area contributed by atoms with E-state index in [1.807, 2.05) is 48.5 Å². The number of aromatic nitrogens is 1. The monoisotopic (exact) mass is 624 g/mol. The molecule has 8 nitrogen and oxygen atoms in total. The Balaban J connectivity index is 1.20. The van der Waals surface area contributed by atoms with Gasteiger partial charge in [-0.15, -0.1) is 11.8 Å². The number of carbonyl (C=O) groups is 3. The Hall–Kier alpha value is -3.08. The number of hydrogen-bond donors (Lipinski definition) is 2. The molecule has 2 saturated carbocycles. The van der Waals surface area contributed by atoms with Crippen LogP contribution in [-0.2, 0) is 21.0 Å². The maximum atomic E-state index is 13.8. The molecule has 2 aliphatic carbocycles. The van der Waals surface area contributed by atoms with Crippen LogP contribution in [0, 0.1) is 35.5 Å². The quantitative estimate of drug-likeness (QED) is 0.345. The highest BCUT2D eigenvalue weighted by Crippen LogP contribution is 2.68. The number of carboxylic acids is 1. The van der Waals surface area contributed by atoms with E-state index in [2.05, 4.69) is 4.98 Å². The number of rotatable bonds is 7. The number of halogens is 1. The number of carbonyl (C=O) groups excluding carboxylic acids is 2. The zero-order valence-electron chi connectivity index (χ0n) is 22.9. The number of aromatic amines is 1. The Bertz CT molecular complexity index is 1630. The molecule has 2 bridgehead atoms. The van der Waals surface area contributed by atoms with E-state index in [-0.39, 0.29) is 45.6 Å². The number of amides is 2. The van der Waals surface area contributed by atoms with Crippen molar-refractivity contribution in [3.63, 3.8) is 0 Å². The fourth-order valence-corrected chi connectivity index (χ4v) is 10.9. The van der Waals surface area contributed by atoms with Crippen molar-refractivity contribution in [1.29, 1.82) is 0 Å². The Morgan fingerprint density at radius 3 is 2.36 bits per heavy atom. The fourth-order valence-electron chi connectivity index (χ4n) is 7.90. The smallest absolute Gasteiger partial charge is 0.327 e. The van der Waals surface area contributed by atoms with E-state index in [0.717, 1.165) is 32.4 Å². The molecule has 218 valence electrons. The zero-order valence-corrected chi connectivity index (χ0v) is 25.2. The Kier molecular flexibility index (Phi) is 6.79. The average molecular weight is 625 g/mol. The first-order chi connectivity index (χ1) is 20.1. The molecule has 42 heavy (non-hydrogen) atoms. The summed E-state index contributed by atoms with van der Waals surface area (Å²) in [5, 5.41) is 11.4. The van der Waals surface area contributed by atoms with Crippen LogP contribution in [0.5, 0.6) is 5.75 Å². The maximum absolute atomic E-state index is 13.8. The van der Waals surface area contributed by atoms with Gasteiger partial charge in [0.05, 0.1) is 16.9 Å². The van der Waals surface area contributed by atoms with Gasteiger partial charge in [-0.25, -0.2) is 4.79 Å². The number of likely N-dealkylation sites (tertiary alicyclic amines) is 1. The molecule has 2 N–H and O–H groups in total. The fraction of sp³-hybridized carbons (Fsp3) is 0.419. The number of aliphatic carboxylic acids is 1. The number of H-pyrrole nitrogens is 1. The number of nitrogens with one attached hydrogen (secondary N) is 1. The van der Waals surface area contributed by atoms with Gasteiger partial charge in [0.25, 0.3) is 0 Å². The number of hydrogen-bond acceptors (Lipinski definition) is 7. The van der Waals surface area contributed by atoms with E-state index in [4.69, 9.17) is 16.3 Å². The van der Waals surface area contributed by atoms with Crippen LogP contribution in [0.15, 0.2) is 58.4 Å². The Labute approximate surface area is 255 Å². The number of carboxylic acid groups (broad SMARTS) is 1. The van der Waals surface area contributed by atoms with E-state index in [0.29, 0.717) is 17.4 Å². The molecular weight excluding hydrogens is 596 g/mol. The van der Waals surface area contributed by atoms with Crippen molar-refractivity contribution >= 4 is 52.5 Å². The minimum atomic E-state index is -1.17. The average Bonchev–Trinajstić information content (AvgIpc) is 3.69. The third kappa shape index (κ3) is 4.25. The second-order valence-electron chi connectivity index (χ2n) is 12.0. The Morgan fingerprint density at radius 2 is 1.71 bits per heavy atom. The molecule has 1 saturated heterocycles. The molecule has 2 aromatic carbocycles. The van der Waals surface area contributed by atoms with Crippen LogP contribution in [0.4, 0.5) is 0 Å². The van der Waals surface area contributed by atoms with Crippen LogP contribution in [0.3, 0.4) is 0 Å². The molecule has 2 aliphatic heterocycles. The van der Waals surface area contributed by atoms with E-state index >= 15 is 0 Å². The summed E-state index contributed by atoms with van der Waals surface area (Å²) in [6.45, 7) is 3.86. The molecule has 3 fully saturated rings. The summed E-state index contributed by atoms with van der Waals surface area (Å²) in [5.74, 6) is -2.76.